The molecule has 0 aliphatic carbocycles. The van der Waals surface area contributed by atoms with Crippen molar-refractivity contribution in [2.75, 3.05) is 59.0 Å². The van der Waals surface area contributed by atoms with E-state index in [1.54, 1.807) is 0 Å². The molecule has 0 rings (SSSR count). The Morgan fingerprint density at radius 3 is 0.970 bits per heavy atom. The van der Waals surface area contributed by atoms with Crippen LogP contribution in [-0.4, -0.2) is 120 Å². The molecule has 0 heterocycles. The van der Waals surface area contributed by atoms with Crippen molar-refractivity contribution in [3.8, 4) is 0 Å². The Bertz CT molecular complexity index is 1040. The topological polar surface area (TPSA) is 151 Å². The Hall–Kier alpha value is -0.370. The van der Waals surface area contributed by atoms with Gasteiger partial charge in [0.05, 0.1) is 38.5 Å². The molecular weight excluding hydrogens is 861 g/mol. The van der Waals surface area contributed by atoms with Gasteiger partial charge in [0.1, 0.15) is 19.2 Å². The minimum Gasteiger partial charge on any atom is -0.726 e. The second kappa shape index (κ2) is 52.0. The van der Waals surface area contributed by atoms with E-state index in [1.807, 2.05) is 0 Å². The predicted octanol–water partition coefficient (Wildman–Crippen LogP) is 14.0. The summed E-state index contributed by atoms with van der Waals surface area (Å²) in [4.78, 5) is 2.31. The number of unbranched alkanes of at least 4 members (excludes halogenated alkanes) is 33. The Kier molecular flexibility index (Phi) is 53.3. The van der Waals surface area contributed by atoms with E-state index in [0.717, 1.165) is 58.2 Å². The third-order valence-corrected chi connectivity index (χ3v) is 14.6. The van der Waals surface area contributed by atoms with Crippen LogP contribution in [0.4, 0.5) is 0 Å². The molecule has 0 bridgehead atoms. The van der Waals surface area contributed by atoms with Crippen LogP contribution in [0.1, 0.15) is 285 Å². The number of quaternary nitrogens is 1. The quantitative estimate of drug-likeness (QED) is 0.0202. The summed E-state index contributed by atoms with van der Waals surface area (Å²) in [5, 5.41) is 43.9. The van der Waals surface area contributed by atoms with Gasteiger partial charge in [-0.15, -0.1) is 0 Å². The lowest BCUT2D eigenvalue weighted by Crippen LogP contribution is -2.57. The van der Waals surface area contributed by atoms with Crippen molar-refractivity contribution in [3.05, 3.63) is 0 Å². The van der Waals surface area contributed by atoms with E-state index < -0.39 is 10.4 Å². The van der Waals surface area contributed by atoms with Crippen LogP contribution in [0.25, 0.3) is 0 Å². The molecule has 0 aliphatic heterocycles. The van der Waals surface area contributed by atoms with Crippen LogP contribution in [0.15, 0.2) is 0 Å². The zero-order chi connectivity index (χ0) is 50.0. The maximum absolute atomic E-state index is 11.3. The van der Waals surface area contributed by atoms with Gasteiger partial charge in [0.15, 0.2) is 0 Å². The molecule has 0 aromatic carbocycles. The first kappa shape index (κ1) is 68.7. The molecule has 0 radical (unpaired) electrons. The number of nitrogens with zero attached hydrogens (tertiary/aromatic N) is 2. The molecule has 0 amide bonds. The van der Waals surface area contributed by atoms with Crippen LogP contribution in [0.5, 0.6) is 0 Å². The van der Waals surface area contributed by atoms with Gasteiger partial charge in [0.2, 0.25) is 10.4 Å². The second-order valence-electron chi connectivity index (χ2n) is 20.6. The molecule has 406 valence electrons. The lowest BCUT2D eigenvalue weighted by atomic mass is 10.0. The Morgan fingerprint density at radius 1 is 0.448 bits per heavy atom. The normalized spacial score (nSPS) is 14.3. The van der Waals surface area contributed by atoms with Gasteiger partial charge in [-0.2, -0.15) is 0 Å². The predicted molar refractivity (Wildman–Crippen MR) is 285 cm³/mol. The van der Waals surface area contributed by atoms with Crippen molar-refractivity contribution in [3.63, 3.8) is 0 Å². The van der Waals surface area contributed by atoms with E-state index in [4.69, 9.17) is 0 Å². The largest absolute Gasteiger partial charge is 0.726 e. The summed E-state index contributed by atoms with van der Waals surface area (Å²) in [5.74, 6) is 0. The number of hydrogen-bond acceptors (Lipinski definition) is 9. The molecule has 0 aromatic rings. The van der Waals surface area contributed by atoms with Gasteiger partial charge in [0.25, 0.3) is 0 Å². The average molecular weight is 980 g/mol. The van der Waals surface area contributed by atoms with Crippen molar-refractivity contribution in [2.45, 2.75) is 303 Å². The fourth-order valence-electron chi connectivity index (χ4n) is 9.69. The van der Waals surface area contributed by atoms with Crippen LogP contribution in [0.2, 0.25) is 0 Å². The average Bonchev–Trinajstić information content (AvgIpc) is 3.29. The highest BCUT2D eigenvalue weighted by Gasteiger charge is 2.30. The number of likely N-dealkylation sites (N-methyl/N-ethyl adjacent to an activating group) is 1. The van der Waals surface area contributed by atoms with Gasteiger partial charge in [-0.3, -0.25) is 9.08 Å². The summed E-state index contributed by atoms with van der Waals surface area (Å²) in [6.07, 6.45) is 48.9. The number of aliphatic hydroxyl groups is 4. The van der Waals surface area contributed by atoms with E-state index in [0.29, 0.717) is 30.7 Å². The fourth-order valence-corrected chi connectivity index (χ4v) is 9.98. The lowest BCUT2D eigenvalue weighted by Gasteiger charge is -2.41. The van der Waals surface area contributed by atoms with Crippen LogP contribution in [0, 0.1) is 0 Å². The Balaban J connectivity index is 0. The molecular formula is C56H118N2O8S. The second-order valence-corrected chi connectivity index (χ2v) is 21.6. The zero-order valence-corrected chi connectivity index (χ0v) is 46.2. The summed E-state index contributed by atoms with van der Waals surface area (Å²) in [6, 6.07) is 0. The van der Waals surface area contributed by atoms with Gasteiger partial charge < -0.3 is 29.5 Å². The van der Waals surface area contributed by atoms with Crippen LogP contribution < -0.4 is 0 Å². The Labute approximate surface area is 418 Å². The van der Waals surface area contributed by atoms with Crippen molar-refractivity contribution < 1.29 is 42.1 Å². The van der Waals surface area contributed by atoms with Gasteiger partial charge in [-0.05, 0) is 33.1 Å². The highest BCUT2D eigenvalue weighted by Crippen LogP contribution is 2.19. The first-order chi connectivity index (χ1) is 32.4. The molecule has 10 nitrogen and oxygen atoms in total. The molecule has 0 saturated carbocycles. The highest BCUT2D eigenvalue weighted by atomic mass is 32.3. The summed E-state index contributed by atoms with van der Waals surface area (Å²) in [7, 11) is -4.42. The standard InChI is InChI=1S/C54H113N2O4.C2H6O4S/c1-5-9-12-15-18-21-24-27-30-33-36-39-42-52(58)49-55(50-53(59)43-40-37-34-31-28-25-22-19-16-13-10-6-2)45-46-56(8-4,47-48-57)51-54(60)44-41-38-35-32-29-26-23-20-17-14-11-7-3;1-2-6-7(3,4)5/h52-54,57-60H,5-51H2,1-4H3;2H2,1H3,(H,3,4,5)/q+1;/p-1. The molecule has 4 N–H and O–H groups in total. The summed E-state index contributed by atoms with van der Waals surface area (Å²) in [6.45, 7) is 15.5. The first-order valence-corrected chi connectivity index (χ1v) is 30.6. The van der Waals surface area contributed by atoms with Gasteiger partial charge in [0, 0.05) is 19.6 Å². The van der Waals surface area contributed by atoms with Gasteiger partial charge in [-0.1, -0.05) is 252 Å². The van der Waals surface area contributed by atoms with Crippen molar-refractivity contribution in [1.82, 2.24) is 4.90 Å². The monoisotopic (exact) mass is 979 g/mol. The fraction of sp³-hybridized carbons (Fsp3) is 1.00. The maximum Gasteiger partial charge on any atom is 0.217 e. The van der Waals surface area contributed by atoms with E-state index in [9.17, 15) is 33.4 Å². The number of rotatable bonds is 53. The SMILES string of the molecule is CCCCCCCCCCCCCCC(O)CN(CC[N+](CC)(CCO)CC(O)CCCCCCCCCCCCCC)CC(O)CCCCCCCCCCCCCC.CCOS(=O)(=O)[O-]. The number of hydrogen-bond donors (Lipinski definition) is 4. The summed E-state index contributed by atoms with van der Waals surface area (Å²) in [5.41, 5.74) is 0. The minimum atomic E-state index is -4.42. The van der Waals surface area contributed by atoms with Crippen LogP contribution in [0.3, 0.4) is 0 Å². The van der Waals surface area contributed by atoms with Gasteiger partial charge in [-0.25, -0.2) is 8.42 Å². The molecule has 0 fully saturated rings. The Morgan fingerprint density at radius 2 is 0.731 bits per heavy atom. The van der Waals surface area contributed by atoms with Crippen molar-refractivity contribution in [2.24, 2.45) is 0 Å². The minimum absolute atomic E-state index is 0.0914. The summed E-state index contributed by atoms with van der Waals surface area (Å²) < 4.78 is 32.7. The van der Waals surface area contributed by atoms with E-state index in [1.165, 1.54) is 219 Å². The summed E-state index contributed by atoms with van der Waals surface area (Å²) >= 11 is 0. The molecule has 0 spiro atoms. The lowest BCUT2D eigenvalue weighted by molar-refractivity contribution is -0.929. The van der Waals surface area contributed by atoms with E-state index >= 15 is 0 Å². The molecule has 67 heavy (non-hydrogen) atoms. The highest BCUT2D eigenvalue weighted by molar-refractivity contribution is 7.80. The van der Waals surface area contributed by atoms with Gasteiger partial charge >= 0.3 is 0 Å². The molecule has 11 heteroatoms. The molecule has 0 saturated heterocycles. The van der Waals surface area contributed by atoms with Crippen molar-refractivity contribution in [1.29, 1.82) is 0 Å². The maximum atomic E-state index is 11.3. The number of aliphatic hydroxyl groups excluding tert-OH is 4. The molecule has 0 aliphatic rings. The molecule has 4 atom stereocenters. The smallest absolute Gasteiger partial charge is 0.217 e. The van der Waals surface area contributed by atoms with Crippen molar-refractivity contribution >= 4 is 10.4 Å². The molecule has 4 unspecified atom stereocenters. The third-order valence-electron chi connectivity index (χ3n) is 14.1. The first-order valence-electron chi connectivity index (χ1n) is 29.2. The van der Waals surface area contributed by atoms with Crippen LogP contribution >= 0.6 is 0 Å². The zero-order valence-electron chi connectivity index (χ0n) is 45.4. The molecule has 0 aromatic heterocycles. The van der Waals surface area contributed by atoms with E-state index in [-0.39, 0.29) is 31.5 Å². The third kappa shape index (κ3) is 51.8. The van der Waals surface area contributed by atoms with Crippen LogP contribution in [-0.2, 0) is 14.6 Å². The van der Waals surface area contributed by atoms with E-state index in [2.05, 4.69) is 36.8 Å².